The van der Waals surface area contributed by atoms with Gasteiger partial charge in [0.2, 0.25) is 5.91 Å². The van der Waals surface area contributed by atoms with Gasteiger partial charge in [-0.05, 0) is 35.7 Å². The Morgan fingerprint density at radius 1 is 0.846 bits per heavy atom. The van der Waals surface area contributed by atoms with Gasteiger partial charge in [0.15, 0.2) is 0 Å². The number of amides is 1. The van der Waals surface area contributed by atoms with E-state index in [4.69, 9.17) is 0 Å². The quantitative estimate of drug-likeness (QED) is 0.717. The zero-order valence-corrected chi connectivity index (χ0v) is 14.3. The number of nitrogens with one attached hydrogen (secondary N) is 1. The first-order valence-corrected chi connectivity index (χ1v) is 8.31. The Balaban J connectivity index is 1.97. The minimum atomic E-state index is -1.02. The summed E-state index contributed by atoms with van der Waals surface area (Å²) in [6, 6.07) is 23.8. The van der Waals surface area contributed by atoms with Gasteiger partial charge < -0.3 is 10.4 Å². The lowest BCUT2D eigenvalue weighted by Crippen LogP contribution is -2.22. The summed E-state index contributed by atoms with van der Waals surface area (Å²) >= 11 is 0. The number of anilines is 1. The van der Waals surface area contributed by atoms with Crippen LogP contribution in [-0.2, 0) is 4.79 Å². The van der Waals surface area contributed by atoms with E-state index in [1.54, 1.807) is 6.07 Å². The maximum atomic E-state index is 13.1. The molecule has 26 heavy (non-hydrogen) atoms. The number of carbonyl (C=O) groups is 2. The van der Waals surface area contributed by atoms with Crippen LogP contribution < -0.4 is 5.32 Å². The first-order chi connectivity index (χ1) is 12.6. The predicted molar refractivity (Wildman–Crippen MR) is 101 cm³/mol. The van der Waals surface area contributed by atoms with Gasteiger partial charge >= 0.3 is 5.97 Å². The van der Waals surface area contributed by atoms with Crippen molar-refractivity contribution in [3.63, 3.8) is 0 Å². The minimum absolute atomic E-state index is 0.141. The van der Waals surface area contributed by atoms with Gasteiger partial charge in [-0.2, -0.15) is 0 Å². The molecule has 4 nitrogen and oxygen atoms in total. The molecule has 3 rings (SSSR count). The second-order valence-corrected chi connectivity index (χ2v) is 6.08. The third kappa shape index (κ3) is 3.81. The molecule has 0 atom stereocenters. The van der Waals surface area contributed by atoms with Gasteiger partial charge in [-0.25, -0.2) is 4.79 Å². The zero-order chi connectivity index (χ0) is 18.5. The second kappa shape index (κ2) is 7.66. The first kappa shape index (κ1) is 17.4. The number of benzene rings is 3. The highest BCUT2D eigenvalue weighted by Gasteiger charge is 2.23. The molecule has 0 heterocycles. The first-order valence-electron chi connectivity index (χ1n) is 8.31. The summed E-state index contributed by atoms with van der Waals surface area (Å²) in [7, 11) is 0. The summed E-state index contributed by atoms with van der Waals surface area (Å²) in [5.74, 6) is -1.71. The molecule has 0 radical (unpaired) electrons. The van der Waals surface area contributed by atoms with Crippen LogP contribution in [-0.4, -0.2) is 17.0 Å². The number of carboxylic acids is 1. The molecule has 2 N–H and O–H groups in total. The van der Waals surface area contributed by atoms with Gasteiger partial charge in [0, 0.05) is 5.69 Å². The fraction of sp³-hybridized carbons (Fsp3) is 0.0909. The number of aryl methyl sites for hydroxylation is 1. The Kier molecular flexibility index (Phi) is 5.13. The second-order valence-electron chi connectivity index (χ2n) is 6.08. The maximum absolute atomic E-state index is 13.1. The molecule has 1 amide bonds. The van der Waals surface area contributed by atoms with Crippen LogP contribution in [0.2, 0.25) is 0 Å². The molecular formula is C22H19NO3. The SMILES string of the molecule is Cc1ccc(C(=O)O)cc1NC(=O)C(c1ccccc1)c1ccccc1. The molecule has 0 aliphatic carbocycles. The summed E-state index contributed by atoms with van der Waals surface area (Å²) in [5, 5.41) is 12.1. The van der Waals surface area contributed by atoms with Crippen molar-refractivity contribution in [1.82, 2.24) is 0 Å². The van der Waals surface area contributed by atoms with Crippen molar-refractivity contribution in [2.45, 2.75) is 12.8 Å². The van der Waals surface area contributed by atoms with Crippen LogP contribution in [0.25, 0.3) is 0 Å². The van der Waals surface area contributed by atoms with Crippen LogP contribution in [0.3, 0.4) is 0 Å². The lowest BCUT2D eigenvalue weighted by Gasteiger charge is -2.19. The Hall–Kier alpha value is -3.40. The molecule has 0 unspecified atom stereocenters. The molecule has 0 spiro atoms. The molecule has 0 saturated carbocycles. The van der Waals surface area contributed by atoms with Crippen LogP contribution in [0.4, 0.5) is 5.69 Å². The molecule has 3 aromatic rings. The van der Waals surface area contributed by atoms with Crippen LogP contribution >= 0.6 is 0 Å². The topological polar surface area (TPSA) is 66.4 Å². The normalized spacial score (nSPS) is 10.5. The molecule has 0 fully saturated rings. The summed E-state index contributed by atoms with van der Waals surface area (Å²) in [5.41, 5.74) is 3.21. The Morgan fingerprint density at radius 3 is 1.88 bits per heavy atom. The molecule has 4 heteroatoms. The molecule has 0 saturated heterocycles. The summed E-state index contributed by atoms with van der Waals surface area (Å²) in [6.45, 7) is 1.83. The highest BCUT2D eigenvalue weighted by molar-refractivity contribution is 5.99. The van der Waals surface area contributed by atoms with E-state index in [2.05, 4.69) is 5.32 Å². The fourth-order valence-electron chi connectivity index (χ4n) is 2.88. The van der Waals surface area contributed by atoms with Crippen molar-refractivity contribution < 1.29 is 14.7 Å². The van der Waals surface area contributed by atoms with Gasteiger partial charge in [0.1, 0.15) is 0 Å². The largest absolute Gasteiger partial charge is 0.478 e. The molecular weight excluding hydrogens is 326 g/mol. The zero-order valence-electron chi connectivity index (χ0n) is 14.3. The van der Waals surface area contributed by atoms with Crippen LogP contribution in [0.15, 0.2) is 78.9 Å². The number of hydrogen-bond acceptors (Lipinski definition) is 2. The molecule has 0 bridgehead atoms. The van der Waals surface area contributed by atoms with Crippen LogP contribution in [0.5, 0.6) is 0 Å². The standard InChI is InChI=1S/C22H19NO3/c1-15-12-13-18(22(25)26)14-19(15)23-21(24)20(16-8-4-2-5-9-16)17-10-6-3-7-11-17/h2-14,20H,1H3,(H,23,24)(H,25,26). The average Bonchev–Trinajstić information content (AvgIpc) is 2.65. The third-order valence-corrected chi connectivity index (χ3v) is 4.27. The van der Waals surface area contributed by atoms with E-state index in [0.29, 0.717) is 5.69 Å². The molecule has 3 aromatic carbocycles. The predicted octanol–water partition coefficient (Wildman–Crippen LogP) is 4.46. The minimum Gasteiger partial charge on any atom is -0.478 e. The van der Waals surface area contributed by atoms with Gasteiger partial charge in [0.25, 0.3) is 0 Å². The number of carbonyl (C=O) groups excluding carboxylic acids is 1. The Morgan fingerprint density at radius 2 is 1.38 bits per heavy atom. The Bertz CT molecular complexity index is 881. The van der Waals surface area contributed by atoms with Crippen molar-refractivity contribution >= 4 is 17.6 Å². The summed E-state index contributed by atoms with van der Waals surface area (Å²) < 4.78 is 0. The van der Waals surface area contributed by atoms with E-state index in [9.17, 15) is 14.7 Å². The third-order valence-electron chi connectivity index (χ3n) is 4.27. The molecule has 0 aliphatic rings. The molecule has 0 aliphatic heterocycles. The van der Waals surface area contributed by atoms with E-state index in [1.807, 2.05) is 67.6 Å². The molecule has 130 valence electrons. The van der Waals surface area contributed by atoms with Crippen molar-refractivity contribution in [1.29, 1.82) is 0 Å². The van der Waals surface area contributed by atoms with Crippen molar-refractivity contribution in [3.05, 3.63) is 101 Å². The van der Waals surface area contributed by atoms with Crippen molar-refractivity contribution in [2.24, 2.45) is 0 Å². The van der Waals surface area contributed by atoms with Gasteiger partial charge in [0.05, 0.1) is 11.5 Å². The number of hydrogen-bond donors (Lipinski definition) is 2. The van der Waals surface area contributed by atoms with E-state index < -0.39 is 11.9 Å². The summed E-state index contributed by atoms with van der Waals surface area (Å²) in [4.78, 5) is 24.3. The highest BCUT2D eigenvalue weighted by Crippen LogP contribution is 2.27. The van der Waals surface area contributed by atoms with E-state index in [-0.39, 0.29) is 11.5 Å². The van der Waals surface area contributed by atoms with Crippen molar-refractivity contribution in [3.8, 4) is 0 Å². The van der Waals surface area contributed by atoms with E-state index >= 15 is 0 Å². The monoisotopic (exact) mass is 345 g/mol. The number of rotatable bonds is 5. The van der Waals surface area contributed by atoms with Crippen molar-refractivity contribution in [2.75, 3.05) is 5.32 Å². The van der Waals surface area contributed by atoms with Crippen LogP contribution in [0.1, 0.15) is 33.0 Å². The van der Waals surface area contributed by atoms with Crippen LogP contribution in [0, 0.1) is 6.92 Å². The van der Waals surface area contributed by atoms with E-state index in [1.165, 1.54) is 12.1 Å². The smallest absolute Gasteiger partial charge is 0.335 e. The number of carboxylic acid groups (broad SMARTS) is 1. The van der Waals surface area contributed by atoms with Gasteiger partial charge in [-0.15, -0.1) is 0 Å². The fourth-order valence-corrected chi connectivity index (χ4v) is 2.88. The lowest BCUT2D eigenvalue weighted by atomic mass is 9.90. The highest BCUT2D eigenvalue weighted by atomic mass is 16.4. The van der Waals surface area contributed by atoms with Gasteiger partial charge in [-0.1, -0.05) is 66.7 Å². The molecule has 0 aromatic heterocycles. The Labute approximate surface area is 152 Å². The van der Waals surface area contributed by atoms with Gasteiger partial charge in [-0.3, -0.25) is 4.79 Å². The average molecular weight is 345 g/mol. The maximum Gasteiger partial charge on any atom is 0.335 e. The number of aromatic carboxylic acids is 1. The van der Waals surface area contributed by atoms with E-state index in [0.717, 1.165) is 16.7 Å². The lowest BCUT2D eigenvalue weighted by molar-refractivity contribution is -0.116. The summed E-state index contributed by atoms with van der Waals surface area (Å²) in [6.07, 6.45) is 0.